The zero-order valence-electron chi connectivity index (χ0n) is 19.3. The first-order valence-electron chi connectivity index (χ1n) is 10.9. The molecule has 8 nitrogen and oxygen atoms in total. The van der Waals surface area contributed by atoms with E-state index in [1.165, 1.54) is 21.3 Å². The van der Waals surface area contributed by atoms with Crippen molar-refractivity contribution in [2.75, 3.05) is 31.3 Å². The van der Waals surface area contributed by atoms with Crippen molar-refractivity contribution in [3.63, 3.8) is 0 Å². The standard InChI is InChI=1S/C26H23ClN2O6/c1-32-19-13-12-18(22(33-2)23(19)34-3)21-20-24(35-29(21)16-9-5-4-6-10-16)26(31)28(25(20)30)17-11-7-8-15(27)14-17/h4-14,20-21,24H,1-3H3/t20-,21-,24-/m0/s1. The second kappa shape index (κ2) is 9.13. The largest absolute Gasteiger partial charge is 0.493 e. The Labute approximate surface area is 207 Å². The molecule has 2 amide bonds. The summed E-state index contributed by atoms with van der Waals surface area (Å²) < 4.78 is 16.7. The maximum Gasteiger partial charge on any atom is 0.266 e. The molecule has 3 atom stereocenters. The monoisotopic (exact) mass is 494 g/mol. The average molecular weight is 495 g/mol. The first kappa shape index (κ1) is 23.0. The summed E-state index contributed by atoms with van der Waals surface area (Å²) in [7, 11) is 4.56. The van der Waals surface area contributed by atoms with E-state index in [1.807, 2.05) is 30.3 Å². The lowest BCUT2D eigenvalue weighted by Crippen LogP contribution is -2.37. The van der Waals surface area contributed by atoms with Crippen LogP contribution in [0.2, 0.25) is 5.02 Å². The highest BCUT2D eigenvalue weighted by molar-refractivity contribution is 6.31. The van der Waals surface area contributed by atoms with Crippen LogP contribution in [0.5, 0.6) is 17.2 Å². The number of amides is 2. The van der Waals surface area contributed by atoms with Gasteiger partial charge in [0.25, 0.3) is 5.91 Å². The number of carbonyl (C=O) groups is 2. The number of ether oxygens (including phenoxy) is 3. The zero-order valence-corrected chi connectivity index (χ0v) is 20.1. The Morgan fingerprint density at radius 2 is 1.51 bits per heavy atom. The van der Waals surface area contributed by atoms with Crippen molar-refractivity contribution in [3.8, 4) is 17.2 Å². The Kier molecular flexibility index (Phi) is 6.00. The molecule has 5 rings (SSSR count). The molecule has 9 heteroatoms. The molecule has 2 heterocycles. The lowest BCUT2D eigenvalue weighted by Gasteiger charge is -2.30. The van der Waals surface area contributed by atoms with Crippen molar-refractivity contribution < 1.29 is 28.6 Å². The van der Waals surface area contributed by atoms with Crippen molar-refractivity contribution in [2.45, 2.75) is 12.1 Å². The number of carbonyl (C=O) groups excluding carboxylic acids is 2. The van der Waals surface area contributed by atoms with Crippen LogP contribution in [0.1, 0.15) is 11.6 Å². The van der Waals surface area contributed by atoms with E-state index in [4.69, 9.17) is 30.6 Å². The molecule has 2 fully saturated rings. The zero-order chi connectivity index (χ0) is 24.7. The summed E-state index contributed by atoms with van der Waals surface area (Å²) in [5.74, 6) is -0.429. The molecule has 0 unspecified atom stereocenters. The summed E-state index contributed by atoms with van der Waals surface area (Å²) in [5.41, 5.74) is 1.71. The van der Waals surface area contributed by atoms with Crippen LogP contribution >= 0.6 is 11.6 Å². The fraction of sp³-hybridized carbons (Fsp3) is 0.231. The van der Waals surface area contributed by atoms with Crippen molar-refractivity contribution in [1.29, 1.82) is 0 Å². The smallest absolute Gasteiger partial charge is 0.266 e. The van der Waals surface area contributed by atoms with E-state index >= 15 is 0 Å². The van der Waals surface area contributed by atoms with E-state index in [2.05, 4.69) is 0 Å². The molecule has 2 aliphatic rings. The van der Waals surface area contributed by atoms with Gasteiger partial charge < -0.3 is 14.2 Å². The van der Waals surface area contributed by atoms with Crippen LogP contribution in [0.25, 0.3) is 0 Å². The number of hydrogen-bond acceptors (Lipinski definition) is 7. The number of hydroxylamine groups is 1. The first-order valence-corrected chi connectivity index (χ1v) is 11.3. The van der Waals surface area contributed by atoms with Crippen molar-refractivity contribution in [1.82, 2.24) is 0 Å². The number of para-hydroxylation sites is 1. The number of imide groups is 1. The van der Waals surface area contributed by atoms with E-state index in [0.29, 0.717) is 39.2 Å². The van der Waals surface area contributed by atoms with Gasteiger partial charge in [-0.3, -0.25) is 14.4 Å². The predicted molar refractivity (Wildman–Crippen MR) is 130 cm³/mol. The molecule has 3 aromatic carbocycles. The molecule has 0 saturated carbocycles. The van der Waals surface area contributed by atoms with E-state index in [0.717, 1.165) is 4.90 Å². The van der Waals surface area contributed by atoms with Gasteiger partial charge in [-0.05, 0) is 42.5 Å². The lowest BCUT2D eigenvalue weighted by atomic mass is 9.89. The van der Waals surface area contributed by atoms with Crippen LogP contribution in [0, 0.1) is 5.92 Å². The third-order valence-corrected chi connectivity index (χ3v) is 6.48. The van der Waals surface area contributed by atoms with Crippen LogP contribution in [-0.2, 0) is 14.4 Å². The third kappa shape index (κ3) is 3.66. The fourth-order valence-electron chi connectivity index (χ4n) is 4.76. The summed E-state index contributed by atoms with van der Waals surface area (Å²) in [5, 5.41) is 2.02. The minimum Gasteiger partial charge on any atom is -0.493 e. The Morgan fingerprint density at radius 1 is 0.800 bits per heavy atom. The topological polar surface area (TPSA) is 77.5 Å². The third-order valence-electron chi connectivity index (χ3n) is 6.25. The van der Waals surface area contributed by atoms with Crippen LogP contribution in [-0.4, -0.2) is 39.2 Å². The Hall–Kier alpha value is -3.75. The average Bonchev–Trinajstić information content (AvgIpc) is 3.39. The number of fused-ring (bicyclic) bond motifs is 1. The van der Waals surface area contributed by atoms with Crippen LogP contribution in [0.3, 0.4) is 0 Å². The number of methoxy groups -OCH3 is 3. The molecular weight excluding hydrogens is 472 g/mol. The minimum absolute atomic E-state index is 0.382. The van der Waals surface area contributed by atoms with Gasteiger partial charge in [0.05, 0.1) is 32.7 Å². The molecule has 0 aliphatic carbocycles. The van der Waals surface area contributed by atoms with Gasteiger partial charge in [0, 0.05) is 10.6 Å². The SMILES string of the molecule is COc1ccc([C@H]2[C@@H]3C(=O)N(c4cccc(Cl)c4)C(=O)[C@H]3ON2c2ccccc2)c(OC)c1OC. The molecule has 180 valence electrons. The van der Waals surface area contributed by atoms with Crippen LogP contribution in [0.4, 0.5) is 11.4 Å². The van der Waals surface area contributed by atoms with Gasteiger partial charge in [-0.25, -0.2) is 9.96 Å². The van der Waals surface area contributed by atoms with Crippen molar-refractivity contribution in [2.24, 2.45) is 5.92 Å². The number of anilines is 2. The number of halogens is 1. The van der Waals surface area contributed by atoms with Crippen LogP contribution < -0.4 is 24.2 Å². The van der Waals surface area contributed by atoms with Gasteiger partial charge >= 0.3 is 0 Å². The molecule has 0 spiro atoms. The molecule has 2 saturated heterocycles. The Morgan fingerprint density at radius 3 is 2.17 bits per heavy atom. The van der Waals surface area contributed by atoms with Crippen LogP contribution in [0.15, 0.2) is 66.7 Å². The Bertz CT molecular complexity index is 1280. The van der Waals surface area contributed by atoms with Gasteiger partial charge in [-0.15, -0.1) is 0 Å². The number of nitrogens with zero attached hydrogens (tertiary/aromatic N) is 2. The first-order chi connectivity index (χ1) is 17.0. The molecular formula is C26H23ClN2O6. The highest BCUT2D eigenvalue weighted by Gasteiger charge is 2.61. The predicted octanol–water partition coefficient (Wildman–Crippen LogP) is 4.42. The highest BCUT2D eigenvalue weighted by atomic mass is 35.5. The van der Waals surface area contributed by atoms with Gasteiger partial charge in [0.1, 0.15) is 12.0 Å². The number of benzene rings is 3. The molecule has 2 aliphatic heterocycles. The molecule has 0 N–H and O–H groups in total. The van der Waals surface area contributed by atoms with Gasteiger partial charge in [-0.1, -0.05) is 35.9 Å². The molecule has 3 aromatic rings. The van der Waals surface area contributed by atoms with E-state index in [1.54, 1.807) is 41.5 Å². The molecule has 0 aromatic heterocycles. The number of rotatable bonds is 6. The van der Waals surface area contributed by atoms with Crippen molar-refractivity contribution in [3.05, 3.63) is 77.3 Å². The quantitative estimate of drug-likeness (QED) is 0.469. The fourth-order valence-corrected chi connectivity index (χ4v) is 4.94. The Balaban J connectivity index is 1.66. The summed E-state index contributed by atoms with van der Waals surface area (Å²) in [6.45, 7) is 0. The summed E-state index contributed by atoms with van der Waals surface area (Å²) in [6.07, 6.45) is -1.02. The van der Waals surface area contributed by atoms with E-state index < -0.39 is 24.0 Å². The van der Waals surface area contributed by atoms with Gasteiger partial charge in [0.15, 0.2) is 17.6 Å². The maximum atomic E-state index is 13.8. The highest BCUT2D eigenvalue weighted by Crippen LogP contribution is 2.52. The van der Waals surface area contributed by atoms with E-state index in [-0.39, 0.29) is 5.91 Å². The molecule has 0 bridgehead atoms. The maximum absolute atomic E-state index is 13.8. The van der Waals surface area contributed by atoms with E-state index in [9.17, 15) is 9.59 Å². The van der Waals surface area contributed by atoms with Crippen molar-refractivity contribution >= 4 is 34.8 Å². The lowest BCUT2D eigenvalue weighted by molar-refractivity contribution is -0.126. The number of hydrogen-bond donors (Lipinski definition) is 0. The second-order valence-corrected chi connectivity index (χ2v) is 8.51. The molecule has 35 heavy (non-hydrogen) atoms. The minimum atomic E-state index is -1.02. The summed E-state index contributed by atoms with van der Waals surface area (Å²) in [6, 6.07) is 18.8. The normalized spacial score (nSPS) is 21.3. The molecule has 0 radical (unpaired) electrons. The summed E-state index contributed by atoms with van der Waals surface area (Å²) in [4.78, 5) is 34.6. The van der Waals surface area contributed by atoms with Gasteiger partial charge in [-0.2, -0.15) is 0 Å². The summed E-state index contributed by atoms with van der Waals surface area (Å²) >= 11 is 6.14. The second-order valence-electron chi connectivity index (χ2n) is 8.07. The van der Waals surface area contributed by atoms with Gasteiger partial charge in [0.2, 0.25) is 11.7 Å².